The second-order valence-corrected chi connectivity index (χ2v) is 16.6. The molecule has 0 radical (unpaired) electrons. The third-order valence-electron chi connectivity index (χ3n) is 10.9. The monoisotopic (exact) mass is 824 g/mol. The van der Waals surface area contributed by atoms with Crippen LogP contribution in [0.4, 0.5) is 0 Å². The van der Waals surface area contributed by atoms with Gasteiger partial charge in [-0.3, -0.25) is 9.59 Å². The highest BCUT2D eigenvalue weighted by Gasteiger charge is 2.24. The van der Waals surface area contributed by atoms with E-state index in [0.29, 0.717) is 19.3 Å². The van der Waals surface area contributed by atoms with E-state index in [1.54, 1.807) is 0 Å². The lowest BCUT2D eigenvalue weighted by Crippen LogP contribution is -2.46. The van der Waals surface area contributed by atoms with Crippen molar-refractivity contribution in [3.05, 3.63) is 72.9 Å². The number of aliphatic hydroxyl groups excluding tert-OH is 2. The van der Waals surface area contributed by atoms with Crippen LogP contribution in [0.2, 0.25) is 0 Å². The topological polar surface area (TPSA) is 95.9 Å². The molecule has 0 aliphatic rings. The van der Waals surface area contributed by atoms with Gasteiger partial charge in [-0.1, -0.05) is 216 Å². The van der Waals surface area contributed by atoms with Crippen LogP contribution in [-0.4, -0.2) is 46.9 Å². The molecule has 0 bridgehead atoms. The summed E-state index contributed by atoms with van der Waals surface area (Å²) in [5.41, 5.74) is 0. The van der Waals surface area contributed by atoms with E-state index < -0.39 is 18.2 Å². The first kappa shape index (κ1) is 56.3. The van der Waals surface area contributed by atoms with Crippen LogP contribution in [0.25, 0.3) is 0 Å². The lowest BCUT2D eigenvalue weighted by molar-refractivity contribution is -0.151. The molecule has 0 aliphatic carbocycles. The standard InChI is InChI=1S/C53H93NO5/c1-4-7-10-13-16-19-22-24-26-28-31-34-37-40-43-46-53(58)59-49(44-41-38-35-32-30-27-25-23-20-17-14-11-8-5-2)47-52(57)54-50(48-55)51(56)45-42-39-36-33-29-21-18-15-12-9-6-3/h7,10,13,16,19,22,24,26-28,30-31,49-51,55-56H,4-6,8-9,11-12,14-15,17-18,20-21,23,25,29,32-48H2,1-3H3,(H,54,57)/b10-7+,16-13+,22-19-,26-24-,30-27+,31-28+. The van der Waals surface area contributed by atoms with Crippen LogP contribution in [0.3, 0.4) is 0 Å². The van der Waals surface area contributed by atoms with Gasteiger partial charge in [0.2, 0.25) is 5.91 Å². The Labute approximate surface area is 364 Å². The molecule has 0 fully saturated rings. The molecule has 0 saturated carbocycles. The summed E-state index contributed by atoms with van der Waals surface area (Å²) in [5, 5.41) is 23.7. The summed E-state index contributed by atoms with van der Waals surface area (Å²) in [4.78, 5) is 26.1. The van der Waals surface area contributed by atoms with E-state index >= 15 is 0 Å². The van der Waals surface area contributed by atoms with Crippen LogP contribution in [0.15, 0.2) is 72.9 Å². The number of carbonyl (C=O) groups is 2. The summed E-state index contributed by atoms with van der Waals surface area (Å²) < 4.78 is 5.90. The number of unbranched alkanes of at least 4 members (excludes halogenated alkanes) is 23. The molecule has 0 aliphatic heterocycles. The molecule has 59 heavy (non-hydrogen) atoms. The fourth-order valence-electron chi connectivity index (χ4n) is 7.15. The van der Waals surface area contributed by atoms with Crippen LogP contribution in [0, 0.1) is 0 Å². The zero-order chi connectivity index (χ0) is 43.1. The third kappa shape index (κ3) is 41.8. The molecule has 0 aromatic rings. The van der Waals surface area contributed by atoms with Gasteiger partial charge in [-0.05, 0) is 70.6 Å². The van der Waals surface area contributed by atoms with Gasteiger partial charge in [-0.25, -0.2) is 0 Å². The fraction of sp³-hybridized carbons (Fsp3) is 0.736. The number of nitrogens with one attached hydrogen (secondary N) is 1. The van der Waals surface area contributed by atoms with Crippen LogP contribution in [-0.2, 0) is 14.3 Å². The number of allylic oxidation sites excluding steroid dienone is 12. The fourth-order valence-corrected chi connectivity index (χ4v) is 7.15. The first-order valence-corrected chi connectivity index (χ1v) is 24.7. The molecule has 340 valence electrons. The Morgan fingerprint density at radius 1 is 0.508 bits per heavy atom. The second-order valence-electron chi connectivity index (χ2n) is 16.6. The molecule has 0 spiro atoms. The maximum atomic E-state index is 13.2. The van der Waals surface area contributed by atoms with Crippen LogP contribution in [0.5, 0.6) is 0 Å². The smallest absolute Gasteiger partial charge is 0.306 e. The molecule has 6 heteroatoms. The summed E-state index contributed by atoms with van der Waals surface area (Å²) in [5.74, 6) is -0.541. The number of aliphatic hydroxyl groups is 2. The molecule has 0 aromatic heterocycles. The summed E-state index contributed by atoms with van der Waals surface area (Å²) in [6, 6.07) is -0.717. The zero-order valence-electron chi connectivity index (χ0n) is 38.6. The minimum absolute atomic E-state index is 0.0471. The van der Waals surface area contributed by atoms with Crippen molar-refractivity contribution in [2.45, 2.75) is 244 Å². The SMILES string of the molecule is CC/C=C/C=C/C=C\C=C/C=C/CCCCCC(=O)OC(CCCCC/C=C/CCCCCCCCC)CC(=O)NC(CO)C(O)CCCCCCCCCCCCC. The predicted molar refractivity (Wildman–Crippen MR) is 255 cm³/mol. The van der Waals surface area contributed by atoms with E-state index in [1.807, 2.05) is 42.5 Å². The van der Waals surface area contributed by atoms with Crippen LogP contribution >= 0.6 is 0 Å². The highest BCUT2D eigenvalue weighted by Crippen LogP contribution is 2.17. The number of carbonyl (C=O) groups excluding carboxylic acids is 2. The summed E-state index contributed by atoms with van der Waals surface area (Å²) in [7, 11) is 0. The Kier molecular flexibility index (Phi) is 44.2. The van der Waals surface area contributed by atoms with Gasteiger partial charge in [0.05, 0.1) is 25.2 Å². The highest BCUT2D eigenvalue weighted by molar-refractivity contribution is 5.77. The average Bonchev–Trinajstić information content (AvgIpc) is 3.23. The molecule has 3 unspecified atom stereocenters. The lowest BCUT2D eigenvalue weighted by Gasteiger charge is -2.24. The molecule has 1 amide bonds. The van der Waals surface area contributed by atoms with E-state index in [1.165, 1.54) is 96.3 Å². The van der Waals surface area contributed by atoms with Gasteiger partial charge in [0.1, 0.15) is 6.10 Å². The number of rotatable bonds is 43. The van der Waals surface area contributed by atoms with Crippen molar-refractivity contribution >= 4 is 11.9 Å². The van der Waals surface area contributed by atoms with Gasteiger partial charge >= 0.3 is 5.97 Å². The van der Waals surface area contributed by atoms with Crippen molar-refractivity contribution in [3.63, 3.8) is 0 Å². The van der Waals surface area contributed by atoms with E-state index in [-0.39, 0.29) is 24.9 Å². The van der Waals surface area contributed by atoms with E-state index in [4.69, 9.17) is 4.74 Å². The highest BCUT2D eigenvalue weighted by atomic mass is 16.5. The first-order valence-electron chi connectivity index (χ1n) is 24.7. The Morgan fingerprint density at radius 2 is 0.932 bits per heavy atom. The number of hydrogen-bond acceptors (Lipinski definition) is 5. The molecule has 3 N–H and O–H groups in total. The Hall–Kier alpha value is -2.70. The first-order chi connectivity index (χ1) is 29.0. The molecule has 0 aromatic carbocycles. The number of esters is 1. The van der Waals surface area contributed by atoms with Gasteiger partial charge in [-0.15, -0.1) is 0 Å². The van der Waals surface area contributed by atoms with Crippen LogP contribution in [0.1, 0.15) is 226 Å². The quantitative estimate of drug-likeness (QED) is 0.0246. The molecular formula is C53H93NO5. The summed E-state index contributed by atoms with van der Waals surface area (Å²) in [6.07, 6.45) is 58.1. The van der Waals surface area contributed by atoms with E-state index in [2.05, 4.69) is 56.5 Å². The molecular weight excluding hydrogens is 731 g/mol. The van der Waals surface area contributed by atoms with Crippen molar-refractivity contribution in [1.82, 2.24) is 5.32 Å². The Morgan fingerprint density at radius 3 is 1.46 bits per heavy atom. The second kappa shape index (κ2) is 46.4. The number of ether oxygens (including phenoxy) is 1. The molecule has 0 rings (SSSR count). The van der Waals surface area contributed by atoms with Crippen molar-refractivity contribution in [2.24, 2.45) is 0 Å². The van der Waals surface area contributed by atoms with Gasteiger partial charge in [0.15, 0.2) is 0 Å². The third-order valence-corrected chi connectivity index (χ3v) is 10.9. The average molecular weight is 824 g/mol. The van der Waals surface area contributed by atoms with Crippen LogP contribution < -0.4 is 5.32 Å². The number of hydrogen-bond donors (Lipinski definition) is 3. The number of amides is 1. The predicted octanol–water partition coefficient (Wildman–Crippen LogP) is 14.6. The zero-order valence-corrected chi connectivity index (χ0v) is 38.6. The minimum Gasteiger partial charge on any atom is -0.462 e. The Bertz CT molecular complexity index is 1110. The van der Waals surface area contributed by atoms with Crippen molar-refractivity contribution in [1.29, 1.82) is 0 Å². The van der Waals surface area contributed by atoms with E-state index in [9.17, 15) is 19.8 Å². The van der Waals surface area contributed by atoms with Gasteiger partial charge in [0, 0.05) is 6.42 Å². The van der Waals surface area contributed by atoms with Gasteiger partial charge < -0.3 is 20.3 Å². The van der Waals surface area contributed by atoms with Gasteiger partial charge in [0.25, 0.3) is 0 Å². The largest absolute Gasteiger partial charge is 0.462 e. The van der Waals surface area contributed by atoms with E-state index in [0.717, 1.165) is 83.5 Å². The molecule has 3 atom stereocenters. The maximum Gasteiger partial charge on any atom is 0.306 e. The minimum atomic E-state index is -0.800. The molecule has 0 heterocycles. The molecule has 6 nitrogen and oxygen atoms in total. The summed E-state index contributed by atoms with van der Waals surface area (Å²) in [6.45, 7) is 6.31. The normalized spacial score (nSPS) is 13.9. The van der Waals surface area contributed by atoms with Crippen molar-refractivity contribution in [3.8, 4) is 0 Å². The Balaban J connectivity index is 4.71. The van der Waals surface area contributed by atoms with Crippen molar-refractivity contribution < 1.29 is 24.5 Å². The van der Waals surface area contributed by atoms with Crippen molar-refractivity contribution in [2.75, 3.05) is 6.61 Å². The molecule has 0 saturated heterocycles. The van der Waals surface area contributed by atoms with Gasteiger partial charge in [-0.2, -0.15) is 0 Å². The summed E-state index contributed by atoms with van der Waals surface area (Å²) >= 11 is 0. The lowest BCUT2D eigenvalue weighted by atomic mass is 10.0. The maximum absolute atomic E-state index is 13.2.